The van der Waals surface area contributed by atoms with Gasteiger partial charge in [0.1, 0.15) is 11.5 Å². The quantitative estimate of drug-likeness (QED) is 0.358. The first-order valence-electron chi connectivity index (χ1n) is 11.2. The molecule has 3 aromatic rings. The number of carbonyl (C=O) groups excluding carboxylic acids is 1. The van der Waals surface area contributed by atoms with Crippen LogP contribution >= 0.6 is 11.8 Å². The van der Waals surface area contributed by atoms with E-state index in [1.165, 1.54) is 11.8 Å². The molecule has 34 heavy (non-hydrogen) atoms. The largest absolute Gasteiger partial charge is 0.496 e. The number of H-pyrrole nitrogens is 1. The van der Waals surface area contributed by atoms with Crippen molar-refractivity contribution in [2.45, 2.75) is 31.6 Å². The van der Waals surface area contributed by atoms with Crippen molar-refractivity contribution in [1.29, 1.82) is 0 Å². The fourth-order valence-electron chi connectivity index (χ4n) is 3.87. The van der Waals surface area contributed by atoms with E-state index < -0.39 is 0 Å². The van der Waals surface area contributed by atoms with Gasteiger partial charge in [-0.1, -0.05) is 30.0 Å². The van der Waals surface area contributed by atoms with Crippen molar-refractivity contribution in [2.24, 2.45) is 0 Å². The number of thioether (sulfide) groups is 1. The number of rotatable bonds is 9. The van der Waals surface area contributed by atoms with Gasteiger partial charge < -0.3 is 19.8 Å². The third-order valence-electron chi connectivity index (χ3n) is 5.50. The zero-order valence-electron chi connectivity index (χ0n) is 19.3. The van der Waals surface area contributed by atoms with E-state index in [9.17, 15) is 9.59 Å². The lowest BCUT2D eigenvalue weighted by Crippen LogP contribution is -2.35. The molecule has 1 aliphatic heterocycles. The molecule has 0 fully saturated rings. The van der Waals surface area contributed by atoms with Crippen LogP contribution in [0, 0.1) is 0 Å². The first-order chi connectivity index (χ1) is 16.6. The molecule has 0 aliphatic carbocycles. The molecule has 0 atom stereocenters. The van der Waals surface area contributed by atoms with Crippen LogP contribution in [-0.4, -0.2) is 46.8 Å². The van der Waals surface area contributed by atoms with Crippen molar-refractivity contribution < 1.29 is 14.3 Å². The molecule has 178 valence electrons. The third kappa shape index (κ3) is 5.98. The number of benzene rings is 2. The Morgan fingerprint density at radius 2 is 2.00 bits per heavy atom. The summed E-state index contributed by atoms with van der Waals surface area (Å²) in [5.74, 6) is 1.58. The second-order valence-electron chi connectivity index (χ2n) is 7.86. The van der Waals surface area contributed by atoms with E-state index in [0.717, 1.165) is 29.3 Å². The van der Waals surface area contributed by atoms with Crippen molar-refractivity contribution in [3.63, 3.8) is 0 Å². The number of nitrogens with one attached hydrogen (secondary N) is 2. The van der Waals surface area contributed by atoms with Gasteiger partial charge in [-0.15, -0.1) is 0 Å². The summed E-state index contributed by atoms with van der Waals surface area (Å²) in [6.07, 6.45) is 0.681. The van der Waals surface area contributed by atoms with E-state index in [0.29, 0.717) is 42.5 Å². The van der Waals surface area contributed by atoms with Gasteiger partial charge in [0, 0.05) is 37.3 Å². The summed E-state index contributed by atoms with van der Waals surface area (Å²) in [5.41, 5.74) is 3.11. The van der Waals surface area contributed by atoms with Crippen molar-refractivity contribution in [3.05, 3.63) is 75.7 Å². The van der Waals surface area contributed by atoms with Crippen LogP contribution in [0.2, 0.25) is 0 Å². The van der Waals surface area contributed by atoms with E-state index in [1.807, 2.05) is 43.3 Å². The molecule has 0 radical (unpaired) electrons. The van der Waals surface area contributed by atoms with Gasteiger partial charge in [-0.05, 0) is 37.3 Å². The molecule has 4 rings (SSSR count). The van der Waals surface area contributed by atoms with Gasteiger partial charge >= 0.3 is 0 Å². The fraction of sp³-hybridized carbons (Fsp3) is 0.320. The van der Waals surface area contributed by atoms with Crippen molar-refractivity contribution in [1.82, 2.24) is 14.9 Å². The monoisotopic (exact) mass is 480 g/mol. The molecule has 2 aromatic carbocycles. The van der Waals surface area contributed by atoms with Gasteiger partial charge in [-0.2, -0.15) is 0 Å². The van der Waals surface area contributed by atoms with Crippen LogP contribution < -0.4 is 20.3 Å². The smallest absolute Gasteiger partial charge is 0.256 e. The van der Waals surface area contributed by atoms with Crippen LogP contribution in [0.15, 0.2) is 58.5 Å². The molecular weight excluding hydrogens is 452 g/mol. The second-order valence-corrected chi connectivity index (χ2v) is 8.83. The van der Waals surface area contributed by atoms with E-state index in [1.54, 1.807) is 19.2 Å². The zero-order chi connectivity index (χ0) is 23.9. The molecule has 2 heterocycles. The standard InChI is InChI=1S/C25H28N4O4S/c1-3-33-19-10-8-18(9-11-19)26-23(30)16-34-25-27-21-12-13-29(15-20(21)24(31)28-25)14-17-6-4-5-7-22(17)32-2/h4-11H,3,12-16H2,1-2H3,(H,26,30)(H,27,28,31). The molecule has 9 heteroatoms. The van der Waals surface area contributed by atoms with Crippen LogP contribution in [0.5, 0.6) is 11.5 Å². The lowest BCUT2D eigenvalue weighted by atomic mass is 10.1. The maximum atomic E-state index is 12.8. The Balaban J connectivity index is 1.34. The summed E-state index contributed by atoms with van der Waals surface area (Å²) in [5, 5.41) is 3.31. The number of nitrogens with zero attached hydrogens (tertiary/aromatic N) is 2. The SMILES string of the molecule is CCOc1ccc(NC(=O)CSc2nc3c(c(=O)[nH]2)CN(Cc2ccccc2OC)CC3)cc1. The lowest BCUT2D eigenvalue weighted by molar-refractivity contribution is -0.113. The topological polar surface area (TPSA) is 96.5 Å². The molecule has 1 aliphatic rings. The minimum absolute atomic E-state index is 0.148. The van der Waals surface area contributed by atoms with Gasteiger partial charge in [0.2, 0.25) is 5.91 Å². The van der Waals surface area contributed by atoms with Crippen LogP contribution in [-0.2, 0) is 24.3 Å². The van der Waals surface area contributed by atoms with Gasteiger partial charge in [0.25, 0.3) is 5.56 Å². The minimum atomic E-state index is -0.169. The molecule has 0 bridgehead atoms. The zero-order valence-corrected chi connectivity index (χ0v) is 20.1. The number of anilines is 1. The Kier molecular flexibility index (Phi) is 7.87. The number of aromatic amines is 1. The number of aromatic nitrogens is 2. The summed E-state index contributed by atoms with van der Waals surface area (Å²) < 4.78 is 10.9. The molecule has 8 nitrogen and oxygen atoms in total. The Morgan fingerprint density at radius 3 is 2.76 bits per heavy atom. The van der Waals surface area contributed by atoms with Crippen LogP contribution in [0.3, 0.4) is 0 Å². The fourth-order valence-corrected chi connectivity index (χ4v) is 4.55. The second kappa shape index (κ2) is 11.2. The molecule has 2 N–H and O–H groups in total. The summed E-state index contributed by atoms with van der Waals surface area (Å²) in [6, 6.07) is 15.1. The number of carbonyl (C=O) groups is 1. The summed E-state index contributed by atoms with van der Waals surface area (Å²) in [4.78, 5) is 34.8. The predicted molar refractivity (Wildman–Crippen MR) is 133 cm³/mol. The number of hydrogen-bond donors (Lipinski definition) is 2. The third-order valence-corrected chi connectivity index (χ3v) is 6.37. The maximum Gasteiger partial charge on any atom is 0.256 e. The normalized spacial score (nSPS) is 13.2. The first kappa shape index (κ1) is 23.8. The van der Waals surface area contributed by atoms with Crippen LogP contribution in [0.1, 0.15) is 23.7 Å². The van der Waals surface area contributed by atoms with Crippen LogP contribution in [0.4, 0.5) is 5.69 Å². The molecule has 1 amide bonds. The Morgan fingerprint density at radius 1 is 1.21 bits per heavy atom. The highest BCUT2D eigenvalue weighted by atomic mass is 32.2. The lowest BCUT2D eigenvalue weighted by Gasteiger charge is -2.28. The number of hydrogen-bond acceptors (Lipinski definition) is 7. The highest BCUT2D eigenvalue weighted by Gasteiger charge is 2.22. The molecule has 0 unspecified atom stereocenters. The minimum Gasteiger partial charge on any atom is -0.496 e. The number of para-hydroxylation sites is 1. The van der Waals surface area contributed by atoms with Crippen LogP contribution in [0.25, 0.3) is 0 Å². The molecule has 1 aromatic heterocycles. The highest BCUT2D eigenvalue weighted by molar-refractivity contribution is 7.99. The van der Waals surface area contributed by atoms with Gasteiger partial charge in [0.15, 0.2) is 5.16 Å². The van der Waals surface area contributed by atoms with Crippen molar-refractivity contribution in [3.8, 4) is 11.5 Å². The predicted octanol–water partition coefficient (Wildman–Crippen LogP) is 3.47. The first-order valence-corrected chi connectivity index (χ1v) is 12.2. The average molecular weight is 481 g/mol. The Bertz CT molecular complexity index is 1200. The van der Waals surface area contributed by atoms with E-state index in [2.05, 4.69) is 20.2 Å². The van der Waals surface area contributed by atoms with Gasteiger partial charge in [0.05, 0.1) is 30.7 Å². The van der Waals surface area contributed by atoms with Gasteiger partial charge in [-0.3, -0.25) is 14.5 Å². The number of amides is 1. The molecule has 0 saturated carbocycles. The summed E-state index contributed by atoms with van der Waals surface area (Å²) >= 11 is 1.22. The van der Waals surface area contributed by atoms with E-state index in [-0.39, 0.29) is 17.2 Å². The maximum absolute atomic E-state index is 12.8. The Hall–Kier alpha value is -3.30. The van der Waals surface area contributed by atoms with Gasteiger partial charge in [-0.25, -0.2) is 4.98 Å². The molecule has 0 spiro atoms. The highest BCUT2D eigenvalue weighted by Crippen LogP contribution is 2.23. The summed E-state index contributed by atoms with van der Waals surface area (Å²) in [6.45, 7) is 4.53. The number of ether oxygens (including phenoxy) is 2. The van der Waals surface area contributed by atoms with Crippen molar-refractivity contribution >= 4 is 23.4 Å². The Labute approximate surface area is 202 Å². The number of fused-ring (bicyclic) bond motifs is 1. The van der Waals surface area contributed by atoms with E-state index >= 15 is 0 Å². The van der Waals surface area contributed by atoms with E-state index in [4.69, 9.17) is 9.47 Å². The average Bonchev–Trinajstić information content (AvgIpc) is 2.85. The molecular formula is C25H28N4O4S. The summed E-state index contributed by atoms with van der Waals surface area (Å²) in [7, 11) is 1.66. The molecule has 0 saturated heterocycles. The number of methoxy groups -OCH3 is 1. The van der Waals surface area contributed by atoms with Crippen molar-refractivity contribution in [2.75, 3.05) is 31.3 Å².